The molecule has 15 heavy (non-hydrogen) atoms. The van der Waals surface area contributed by atoms with Crippen LogP contribution in [-0.4, -0.2) is 25.1 Å². The van der Waals surface area contributed by atoms with E-state index >= 15 is 0 Å². The summed E-state index contributed by atoms with van der Waals surface area (Å²) in [6.45, 7) is 0. The van der Waals surface area contributed by atoms with E-state index in [-0.39, 0.29) is 10.5 Å². The van der Waals surface area contributed by atoms with Crippen molar-refractivity contribution >= 4 is 26.6 Å². The fraction of sp³-hybridized carbons (Fsp3) is 0.125. The van der Waals surface area contributed by atoms with Crippen LogP contribution in [0, 0.1) is 5.82 Å². The second-order valence-electron chi connectivity index (χ2n) is 2.80. The largest absolute Gasteiger partial charge is 0.410 e. The van der Waals surface area contributed by atoms with E-state index in [1.807, 2.05) is 0 Å². The van der Waals surface area contributed by atoms with Crippen LogP contribution in [0.4, 0.5) is 4.39 Å². The molecular weight excluding hydrogens is 245 g/mol. The van der Waals surface area contributed by atoms with E-state index in [9.17, 15) is 12.8 Å². The van der Waals surface area contributed by atoms with Crippen molar-refractivity contribution in [3.63, 3.8) is 0 Å². The molecule has 0 aliphatic heterocycles. The van der Waals surface area contributed by atoms with Crippen molar-refractivity contribution in [2.24, 2.45) is 5.16 Å². The molecule has 0 saturated heterocycles. The Morgan fingerprint density at radius 2 is 2.13 bits per heavy atom. The van der Waals surface area contributed by atoms with Gasteiger partial charge in [-0.05, 0) is 18.2 Å². The van der Waals surface area contributed by atoms with Gasteiger partial charge in [-0.1, -0.05) is 16.8 Å². The molecule has 0 bridgehead atoms. The van der Waals surface area contributed by atoms with E-state index in [4.69, 9.17) is 16.8 Å². The van der Waals surface area contributed by atoms with Crippen molar-refractivity contribution in [1.82, 2.24) is 0 Å². The first-order valence-electron chi connectivity index (χ1n) is 3.74. The lowest BCUT2D eigenvalue weighted by Crippen LogP contribution is -2.01. The SMILES string of the molecule is CS(=O)(=O)c1ccc(/C(Cl)=N/O)c(F)c1. The van der Waals surface area contributed by atoms with Gasteiger partial charge in [0.05, 0.1) is 10.5 Å². The van der Waals surface area contributed by atoms with E-state index < -0.39 is 20.8 Å². The maximum Gasteiger partial charge on any atom is 0.178 e. The van der Waals surface area contributed by atoms with Crippen LogP contribution in [0.5, 0.6) is 0 Å². The van der Waals surface area contributed by atoms with Crippen LogP contribution >= 0.6 is 11.6 Å². The molecule has 1 aromatic rings. The van der Waals surface area contributed by atoms with Gasteiger partial charge in [0.15, 0.2) is 15.0 Å². The maximum atomic E-state index is 13.3. The monoisotopic (exact) mass is 251 g/mol. The lowest BCUT2D eigenvalue weighted by molar-refractivity contribution is 0.320. The maximum absolute atomic E-state index is 13.3. The summed E-state index contributed by atoms with van der Waals surface area (Å²) < 4.78 is 35.4. The second kappa shape index (κ2) is 4.16. The highest BCUT2D eigenvalue weighted by molar-refractivity contribution is 7.90. The Morgan fingerprint density at radius 3 is 2.53 bits per heavy atom. The zero-order chi connectivity index (χ0) is 11.6. The van der Waals surface area contributed by atoms with Gasteiger partial charge in [0, 0.05) is 6.26 Å². The fourth-order valence-corrected chi connectivity index (χ4v) is 1.73. The summed E-state index contributed by atoms with van der Waals surface area (Å²) >= 11 is 5.37. The lowest BCUT2D eigenvalue weighted by atomic mass is 10.2. The van der Waals surface area contributed by atoms with Crippen molar-refractivity contribution in [3.8, 4) is 0 Å². The first kappa shape index (κ1) is 11.9. The molecule has 0 unspecified atom stereocenters. The molecule has 0 aromatic heterocycles. The Bertz CT molecular complexity index is 513. The average molecular weight is 252 g/mol. The molecule has 1 N–H and O–H groups in total. The Morgan fingerprint density at radius 1 is 1.53 bits per heavy atom. The summed E-state index contributed by atoms with van der Waals surface area (Å²) in [5.41, 5.74) is -0.161. The number of nitrogens with zero attached hydrogens (tertiary/aromatic N) is 1. The van der Waals surface area contributed by atoms with Gasteiger partial charge >= 0.3 is 0 Å². The Labute approximate surface area is 90.9 Å². The summed E-state index contributed by atoms with van der Waals surface area (Å²) in [7, 11) is -3.46. The summed E-state index contributed by atoms with van der Waals surface area (Å²) in [4.78, 5) is -0.161. The topological polar surface area (TPSA) is 66.7 Å². The second-order valence-corrected chi connectivity index (χ2v) is 5.18. The molecule has 0 atom stereocenters. The standard InChI is InChI=1S/C8H7ClFNO3S/c1-15(13,14)5-2-3-6(7(10)4-5)8(9)11-12/h2-4,12H,1H3/b11-8-. The molecule has 0 heterocycles. The Hall–Kier alpha value is -1.14. The fourth-order valence-electron chi connectivity index (χ4n) is 0.948. The van der Waals surface area contributed by atoms with Crippen LogP contribution in [0.15, 0.2) is 28.3 Å². The molecular formula is C8H7ClFNO3S. The predicted molar refractivity (Wildman–Crippen MR) is 53.7 cm³/mol. The molecule has 4 nitrogen and oxygen atoms in total. The third-order valence-corrected chi connectivity index (χ3v) is 3.07. The van der Waals surface area contributed by atoms with Crippen LogP contribution in [0.1, 0.15) is 5.56 Å². The molecule has 0 saturated carbocycles. The average Bonchev–Trinajstić information content (AvgIpc) is 2.15. The number of benzene rings is 1. The van der Waals surface area contributed by atoms with E-state index in [2.05, 4.69) is 5.16 Å². The smallest absolute Gasteiger partial charge is 0.178 e. The molecule has 82 valence electrons. The number of rotatable bonds is 2. The normalized spacial score (nSPS) is 12.9. The quantitative estimate of drug-likeness (QED) is 0.493. The molecule has 0 amide bonds. The molecule has 0 radical (unpaired) electrons. The first-order valence-corrected chi connectivity index (χ1v) is 6.00. The van der Waals surface area contributed by atoms with Gasteiger partial charge < -0.3 is 5.21 Å². The van der Waals surface area contributed by atoms with Crippen LogP contribution in [0.2, 0.25) is 0 Å². The van der Waals surface area contributed by atoms with Gasteiger partial charge in [-0.15, -0.1) is 0 Å². The van der Waals surface area contributed by atoms with Crippen LogP contribution < -0.4 is 0 Å². The third kappa shape index (κ3) is 2.66. The van der Waals surface area contributed by atoms with Crippen LogP contribution in [0.3, 0.4) is 0 Å². The number of hydrogen-bond donors (Lipinski definition) is 1. The van der Waals surface area contributed by atoms with Crippen molar-refractivity contribution in [2.75, 3.05) is 6.26 Å². The van der Waals surface area contributed by atoms with Crippen molar-refractivity contribution in [3.05, 3.63) is 29.6 Å². The molecule has 1 aromatic carbocycles. The predicted octanol–water partition coefficient (Wildman–Crippen LogP) is 1.60. The van der Waals surface area contributed by atoms with Gasteiger partial charge in [-0.2, -0.15) is 0 Å². The number of sulfone groups is 1. The van der Waals surface area contributed by atoms with E-state index in [1.165, 1.54) is 6.07 Å². The van der Waals surface area contributed by atoms with Gasteiger partial charge in [0.25, 0.3) is 0 Å². The third-order valence-electron chi connectivity index (χ3n) is 1.68. The van der Waals surface area contributed by atoms with Crippen molar-refractivity contribution in [1.29, 1.82) is 0 Å². The zero-order valence-electron chi connectivity index (χ0n) is 7.61. The lowest BCUT2D eigenvalue weighted by Gasteiger charge is -2.02. The number of hydrogen-bond acceptors (Lipinski definition) is 4. The minimum atomic E-state index is -3.46. The molecule has 0 fully saturated rings. The van der Waals surface area contributed by atoms with E-state index in [0.717, 1.165) is 18.4 Å². The molecule has 1 rings (SSSR count). The summed E-state index contributed by atoms with van der Waals surface area (Å²) in [6.07, 6.45) is 0.961. The summed E-state index contributed by atoms with van der Waals surface area (Å²) in [5.74, 6) is -0.860. The first-order chi connectivity index (χ1) is 6.86. The number of halogens is 2. The van der Waals surface area contributed by atoms with Crippen molar-refractivity contribution in [2.45, 2.75) is 4.90 Å². The highest BCUT2D eigenvalue weighted by Gasteiger charge is 2.13. The minimum absolute atomic E-state index is 0.161. The van der Waals surface area contributed by atoms with E-state index in [0.29, 0.717) is 0 Å². The van der Waals surface area contributed by atoms with Gasteiger partial charge in [0.2, 0.25) is 0 Å². The summed E-state index contributed by atoms with van der Waals surface area (Å²) in [6, 6.07) is 3.13. The Balaban J connectivity index is 3.33. The van der Waals surface area contributed by atoms with E-state index in [1.54, 1.807) is 0 Å². The van der Waals surface area contributed by atoms with Gasteiger partial charge in [-0.25, -0.2) is 12.8 Å². The van der Waals surface area contributed by atoms with Gasteiger partial charge in [0.1, 0.15) is 5.82 Å². The highest BCUT2D eigenvalue weighted by atomic mass is 35.5. The molecule has 0 aliphatic rings. The Kier molecular flexibility index (Phi) is 3.31. The summed E-state index contributed by atoms with van der Waals surface area (Å²) in [5, 5.41) is 10.5. The zero-order valence-corrected chi connectivity index (χ0v) is 9.18. The van der Waals surface area contributed by atoms with Gasteiger partial charge in [-0.3, -0.25) is 0 Å². The molecule has 0 aliphatic carbocycles. The molecule has 0 spiro atoms. The van der Waals surface area contributed by atoms with Crippen LogP contribution in [-0.2, 0) is 9.84 Å². The minimum Gasteiger partial charge on any atom is -0.410 e. The van der Waals surface area contributed by atoms with Crippen molar-refractivity contribution < 1.29 is 18.0 Å². The highest BCUT2D eigenvalue weighted by Crippen LogP contribution is 2.16. The molecule has 7 heteroatoms. The van der Waals surface area contributed by atoms with Crippen LogP contribution in [0.25, 0.3) is 0 Å². The number of oxime groups is 1.